The molecule has 5 aliphatic carbocycles. The van der Waals surface area contributed by atoms with Gasteiger partial charge < -0.3 is 0 Å². The number of allylic oxidation sites excluding steroid dienone is 2. The fourth-order valence-electron chi connectivity index (χ4n) is 8.65. The lowest BCUT2D eigenvalue weighted by Crippen LogP contribution is -2.58. The first-order chi connectivity index (χ1) is 17.5. The molecule has 0 aromatic heterocycles. The molecule has 6 aliphatic rings. The lowest BCUT2D eigenvalue weighted by Gasteiger charge is -2.55. The van der Waals surface area contributed by atoms with Crippen molar-refractivity contribution in [3.8, 4) is 0 Å². The van der Waals surface area contributed by atoms with Gasteiger partial charge in [-0.15, -0.1) is 0 Å². The van der Waals surface area contributed by atoms with Gasteiger partial charge in [0, 0.05) is 11.8 Å². The average Bonchev–Trinajstić information content (AvgIpc) is 3.14. The number of benzene rings is 2. The molecule has 2 aromatic rings. The van der Waals surface area contributed by atoms with Crippen LogP contribution in [0.25, 0.3) is 0 Å². The molecular weight excluding hydrogens is 448 g/mol. The normalized spacial score (nSPS) is 38.3. The molecule has 8 rings (SSSR count). The lowest BCUT2D eigenvalue weighted by molar-refractivity contribution is -0.160. The molecule has 1 aliphatic heterocycles. The maximum atomic E-state index is 13.9. The summed E-state index contributed by atoms with van der Waals surface area (Å²) in [5, 5.41) is 1.11. The Balaban J connectivity index is 1.22. The lowest BCUT2D eigenvalue weighted by atomic mass is 9.49. The molecule has 184 valence electrons. The van der Waals surface area contributed by atoms with Crippen LogP contribution in [0.4, 0.5) is 0 Å². The maximum Gasteiger partial charge on any atom is 0.253 e. The highest BCUT2D eigenvalue weighted by Crippen LogP contribution is 2.60. The second-order valence-electron chi connectivity index (χ2n) is 12.0. The van der Waals surface area contributed by atoms with E-state index in [4.69, 9.17) is 0 Å². The van der Waals surface area contributed by atoms with Gasteiger partial charge in [-0.2, -0.15) is 5.01 Å². The quantitative estimate of drug-likeness (QED) is 0.496. The van der Waals surface area contributed by atoms with Crippen LogP contribution in [0.5, 0.6) is 0 Å². The van der Waals surface area contributed by atoms with Gasteiger partial charge in [-0.05, 0) is 67.4 Å². The van der Waals surface area contributed by atoms with Crippen LogP contribution in [-0.4, -0.2) is 22.7 Å². The van der Waals surface area contributed by atoms with Gasteiger partial charge in [-0.3, -0.25) is 19.8 Å². The van der Waals surface area contributed by atoms with Gasteiger partial charge in [0.05, 0.1) is 17.3 Å². The van der Waals surface area contributed by atoms with Gasteiger partial charge in [0.2, 0.25) is 5.91 Å². The van der Waals surface area contributed by atoms with Crippen molar-refractivity contribution in [1.82, 2.24) is 10.4 Å². The minimum absolute atomic E-state index is 0.109. The molecule has 3 amide bonds. The average molecular weight is 481 g/mol. The summed E-state index contributed by atoms with van der Waals surface area (Å²) in [4.78, 5) is 41.6. The summed E-state index contributed by atoms with van der Waals surface area (Å²) in [5.41, 5.74) is 4.52. The Kier molecular flexibility index (Phi) is 4.99. The minimum Gasteiger partial charge on any atom is -0.273 e. The van der Waals surface area contributed by atoms with E-state index in [1.54, 1.807) is 0 Å². The van der Waals surface area contributed by atoms with Crippen molar-refractivity contribution in [3.05, 3.63) is 83.9 Å². The molecule has 36 heavy (non-hydrogen) atoms. The fraction of sp³-hybridized carbons (Fsp3) is 0.452. The molecule has 0 radical (unpaired) electrons. The third kappa shape index (κ3) is 3.31. The largest absolute Gasteiger partial charge is 0.273 e. The molecule has 1 N–H and O–H groups in total. The second-order valence-corrected chi connectivity index (χ2v) is 12.0. The molecule has 2 aromatic carbocycles. The van der Waals surface area contributed by atoms with E-state index in [9.17, 15) is 14.4 Å². The number of hydrazine groups is 1. The number of fused-ring (bicyclic) bond motifs is 1. The number of carbonyl (C=O) groups is 3. The molecule has 5 heteroatoms. The summed E-state index contributed by atoms with van der Waals surface area (Å²) in [7, 11) is 0. The first-order valence-electron chi connectivity index (χ1n) is 13.5. The van der Waals surface area contributed by atoms with E-state index in [-0.39, 0.29) is 29.6 Å². The first kappa shape index (κ1) is 22.0. The number of carbonyl (C=O) groups excluding carboxylic acids is 3. The number of hydrogen-bond acceptors (Lipinski definition) is 3. The standard InChI is InChI=1S/C31H32N2O3/c34-28-26-24(22-7-3-1-4-8-22)11-12-25(23-9-5-2-6-10-23)27(26)29(35)33(28)32-30(36)31-16-19-13-20(17-31)15-21(14-19)18-31/h1-12,19-21,24-27H,13-18H2,(H,32,36)/t19?,20?,21?,24-,25+,26+,27-,31?. The van der Waals surface area contributed by atoms with Crippen LogP contribution in [0.1, 0.15) is 61.5 Å². The van der Waals surface area contributed by atoms with Crippen LogP contribution in [-0.2, 0) is 14.4 Å². The Labute approximate surface area is 211 Å². The van der Waals surface area contributed by atoms with E-state index in [0.29, 0.717) is 17.8 Å². The Morgan fingerprint density at radius 3 is 1.53 bits per heavy atom. The van der Waals surface area contributed by atoms with Crippen molar-refractivity contribution >= 4 is 17.7 Å². The Bertz CT molecular complexity index is 1130. The molecule has 4 bridgehead atoms. The highest BCUT2D eigenvalue weighted by Gasteiger charge is 2.59. The van der Waals surface area contributed by atoms with Crippen molar-refractivity contribution in [2.24, 2.45) is 35.0 Å². The summed E-state index contributed by atoms with van der Waals surface area (Å²) >= 11 is 0. The highest BCUT2D eigenvalue weighted by atomic mass is 16.2. The molecule has 5 fully saturated rings. The van der Waals surface area contributed by atoms with Crippen LogP contribution in [0.15, 0.2) is 72.8 Å². The predicted molar refractivity (Wildman–Crippen MR) is 135 cm³/mol. The molecular formula is C31H32N2O3. The topological polar surface area (TPSA) is 66.5 Å². The summed E-state index contributed by atoms with van der Waals surface area (Å²) in [5.74, 6) is -0.287. The fourth-order valence-corrected chi connectivity index (χ4v) is 8.65. The van der Waals surface area contributed by atoms with Crippen molar-refractivity contribution < 1.29 is 14.4 Å². The SMILES string of the molecule is O=C1[C@@H]2[C@H](C(=O)N1NC(=O)C13CC4CC(CC(C4)C1)C3)[C@H](c1ccccc1)C=C[C@@H]2c1ccccc1. The van der Waals surface area contributed by atoms with Gasteiger partial charge in [-0.25, -0.2) is 0 Å². The van der Waals surface area contributed by atoms with Crippen molar-refractivity contribution in [2.75, 3.05) is 0 Å². The van der Waals surface area contributed by atoms with Gasteiger partial charge >= 0.3 is 0 Å². The Morgan fingerprint density at radius 1 is 0.694 bits per heavy atom. The first-order valence-corrected chi connectivity index (χ1v) is 13.5. The van der Waals surface area contributed by atoms with E-state index < -0.39 is 17.3 Å². The number of rotatable bonds is 4. The smallest absolute Gasteiger partial charge is 0.253 e. The highest BCUT2D eigenvalue weighted by molar-refractivity contribution is 6.08. The van der Waals surface area contributed by atoms with Gasteiger partial charge in [0.15, 0.2) is 0 Å². The van der Waals surface area contributed by atoms with E-state index in [2.05, 4.69) is 17.6 Å². The number of nitrogens with one attached hydrogen (secondary N) is 1. The zero-order valence-corrected chi connectivity index (χ0v) is 20.4. The predicted octanol–water partition coefficient (Wildman–Crippen LogP) is 4.97. The van der Waals surface area contributed by atoms with Crippen LogP contribution in [0, 0.1) is 35.0 Å². The van der Waals surface area contributed by atoms with Crippen LogP contribution >= 0.6 is 0 Å². The molecule has 5 nitrogen and oxygen atoms in total. The number of nitrogens with zero attached hydrogens (tertiary/aromatic N) is 1. The van der Waals surface area contributed by atoms with Crippen LogP contribution in [0.3, 0.4) is 0 Å². The molecule has 1 saturated heterocycles. The third-order valence-corrected chi connectivity index (χ3v) is 9.80. The number of amides is 3. The molecule has 1 heterocycles. The number of imide groups is 1. The third-order valence-electron chi connectivity index (χ3n) is 9.80. The molecule has 4 saturated carbocycles. The van der Waals surface area contributed by atoms with E-state index in [1.807, 2.05) is 60.7 Å². The van der Waals surface area contributed by atoms with Gasteiger partial charge in [0.1, 0.15) is 0 Å². The van der Waals surface area contributed by atoms with Gasteiger partial charge in [-0.1, -0.05) is 72.8 Å². The van der Waals surface area contributed by atoms with Crippen LogP contribution in [0.2, 0.25) is 0 Å². The second kappa shape index (κ2) is 8.16. The zero-order valence-electron chi connectivity index (χ0n) is 20.4. The van der Waals surface area contributed by atoms with Crippen molar-refractivity contribution in [1.29, 1.82) is 0 Å². The summed E-state index contributed by atoms with van der Waals surface area (Å²) in [6, 6.07) is 19.9. The zero-order chi connectivity index (χ0) is 24.4. The van der Waals surface area contributed by atoms with E-state index in [1.165, 1.54) is 19.3 Å². The monoisotopic (exact) mass is 480 g/mol. The van der Waals surface area contributed by atoms with E-state index >= 15 is 0 Å². The molecule has 4 atom stereocenters. The summed E-state index contributed by atoms with van der Waals surface area (Å²) < 4.78 is 0. The van der Waals surface area contributed by atoms with Crippen molar-refractivity contribution in [3.63, 3.8) is 0 Å². The summed E-state index contributed by atoms with van der Waals surface area (Å²) in [6.45, 7) is 0. The molecule has 0 spiro atoms. The molecule has 0 unspecified atom stereocenters. The van der Waals surface area contributed by atoms with Crippen LogP contribution < -0.4 is 5.43 Å². The summed E-state index contributed by atoms with van der Waals surface area (Å²) in [6.07, 6.45) is 10.6. The Hall–Kier alpha value is -3.21. The van der Waals surface area contributed by atoms with Gasteiger partial charge in [0.25, 0.3) is 11.8 Å². The van der Waals surface area contributed by atoms with Crippen molar-refractivity contribution in [2.45, 2.75) is 50.4 Å². The minimum atomic E-state index is -0.535. The maximum absolute atomic E-state index is 13.9. The van der Waals surface area contributed by atoms with E-state index in [0.717, 1.165) is 35.4 Å². The Morgan fingerprint density at radius 2 is 1.11 bits per heavy atom. The number of hydrogen-bond donors (Lipinski definition) is 1.